The molecule has 3 N–H and O–H groups in total. The molecule has 0 aromatic rings. The lowest BCUT2D eigenvalue weighted by Crippen LogP contribution is -2.23. The molecule has 0 saturated heterocycles. The van der Waals surface area contributed by atoms with E-state index >= 15 is 0 Å². The molecule has 0 aliphatic heterocycles. The first kappa shape index (κ1) is 16.0. The number of carbonyl (C=O) groups excluding carboxylic acids is 2. The van der Waals surface area contributed by atoms with E-state index in [1.165, 1.54) is 6.92 Å². The van der Waals surface area contributed by atoms with Crippen molar-refractivity contribution in [3.8, 4) is 0 Å². The maximum atomic E-state index is 11.2. The van der Waals surface area contributed by atoms with Crippen LogP contribution in [0.4, 0.5) is 0 Å². The molecule has 88 valence electrons. The van der Waals surface area contributed by atoms with Gasteiger partial charge in [0.1, 0.15) is 5.78 Å². The van der Waals surface area contributed by atoms with E-state index < -0.39 is 17.9 Å². The minimum absolute atomic E-state index is 0. The summed E-state index contributed by atoms with van der Waals surface area (Å²) >= 11 is 0. The van der Waals surface area contributed by atoms with Crippen molar-refractivity contribution in [3.63, 3.8) is 0 Å². The second-order valence-electron chi connectivity index (χ2n) is 2.95. The monoisotopic (exact) mass is 220 g/mol. The highest BCUT2D eigenvalue weighted by Gasteiger charge is 2.24. The van der Waals surface area contributed by atoms with Gasteiger partial charge in [-0.3, -0.25) is 9.59 Å². The van der Waals surface area contributed by atoms with E-state index in [9.17, 15) is 14.4 Å². The Labute approximate surface area is 87.5 Å². The molecular weight excluding hydrogens is 204 g/mol. The predicted octanol–water partition coefficient (Wildman–Crippen LogP) is -0.205. The standard InChI is InChI=1S/C9H14O5.H2O/c1-3-14-9(13)7(4-6(2)10)5-8(11)12;/h7H,3-5H2,1-2H3,(H,11,12);1H2. The minimum atomic E-state index is -1.11. The smallest absolute Gasteiger partial charge is 0.309 e. The Kier molecular flexibility index (Phi) is 8.46. The lowest BCUT2D eigenvalue weighted by molar-refractivity contribution is -0.153. The lowest BCUT2D eigenvalue weighted by atomic mass is 9.99. The van der Waals surface area contributed by atoms with Gasteiger partial charge >= 0.3 is 11.9 Å². The molecule has 0 aliphatic carbocycles. The first-order valence-corrected chi connectivity index (χ1v) is 4.35. The first-order chi connectivity index (χ1) is 6.47. The van der Waals surface area contributed by atoms with Crippen LogP contribution in [-0.4, -0.2) is 34.9 Å². The topological polar surface area (TPSA) is 112 Å². The van der Waals surface area contributed by atoms with Gasteiger partial charge in [0.05, 0.1) is 18.9 Å². The Morgan fingerprint density at radius 3 is 2.13 bits per heavy atom. The number of carboxylic acid groups (broad SMARTS) is 1. The highest BCUT2D eigenvalue weighted by molar-refractivity contribution is 5.85. The van der Waals surface area contributed by atoms with Gasteiger partial charge in [-0.25, -0.2) is 0 Å². The van der Waals surface area contributed by atoms with Gasteiger partial charge in [0.2, 0.25) is 0 Å². The molecule has 6 heteroatoms. The summed E-state index contributed by atoms with van der Waals surface area (Å²) in [6, 6.07) is 0. The number of esters is 1. The third-order valence-electron chi connectivity index (χ3n) is 1.57. The van der Waals surface area contributed by atoms with Gasteiger partial charge in [-0.2, -0.15) is 0 Å². The lowest BCUT2D eigenvalue weighted by Gasteiger charge is -2.11. The van der Waals surface area contributed by atoms with E-state index in [0.717, 1.165) is 0 Å². The fourth-order valence-electron chi connectivity index (χ4n) is 1.06. The van der Waals surface area contributed by atoms with Crippen molar-refractivity contribution in [1.29, 1.82) is 0 Å². The van der Waals surface area contributed by atoms with Gasteiger partial charge < -0.3 is 20.1 Å². The number of hydrogen-bond acceptors (Lipinski definition) is 4. The van der Waals surface area contributed by atoms with Crippen molar-refractivity contribution in [2.45, 2.75) is 26.7 Å². The van der Waals surface area contributed by atoms with E-state index in [-0.39, 0.29) is 30.7 Å². The number of hydrogen-bond donors (Lipinski definition) is 1. The zero-order chi connectivity index (χ0) is 11.1. The Bertz CT molecular complexity index is 219. The largest absolute Gasteiger partial charge is 0.481 e. The quantitative estimate of drug-likeness (QED) is 0.622. The number of carbonyl (C=O) groups is 3. The maximum Gasteiger partial charge on any atom is 0.309 e. The van der Waals surface area contributed by atoms with E-state index in [1.54, 1.807) is 6.92 Å². The summed E-state index contributed by atoms with van der Waals surface area (Å²) in [5.74, 6) is -2.80. The van der Waals surface area contributed by atoms with E-state index in [2.05, 4.69) is 4.74 Å². The van der Waals surface area contributed by atoms with Crippen LogP contribution in [0.5, 0.6) is 0 Å². The van der Waals surface area contributed by atoms with Gasteiger partial charge in [0.15, 0.2) is 0 Å². The zero-order valence-electron chi connectivity index (χ0n) is 8.78. The van der Waals surface area contributed by atoms with Crippen LogP contribution in [0.3, 0.4) is 0 Å². The maximum absolute atomic E-state index is 11.2. The van der Waals surface area contributed by atoms with Gasteiger partial charge in [-0.15, -0.1) is 0 Å². The second kappa shape index (κ2) is 7.93. The van der Waals surface area contributed by atoms with Crippen molar-refractivity contribution >= 4 is 17.7 Å². The van der Waals surface area contributed by atoms with Gasteiger partial charge in [-0.05, 0) is 13.8 Å². The molecule has 0 radical (unpaired) electrons. The third-order valence-corrected chi connectivity index (χ3v) is 1.57. The molecule has 0 amide bonds. The average Bonchev–Trinajstić information content (AvgIpc) is 2.01. The van der Waals surface area contributed by atoms with Gasteiger partial charge in [0.25, 0.3) is 0 Å². The molecule has 0 aromatic carbocycles. The van der Waals surface area contributed by atoms with Crippen LogP contribution in [0.2, 0.25) is 0 Å². The number of ketones is 1. The van der Waals surface area contributed by atoms with Crippen molar-refractivity contribution in [2.75, 3.05) is 6.61 Å². The zero-order valence-corrected chi connectivity index (χ0v) is 8.78. The van der Waals surface area contributed by atoms with E-state index in [1.807, 2.05) is 0 Å². The van der Waals surface area contributed by atoms with Crippen molar-refractivity contribution in [3.05, 3.63) is 0 Å². The number of ether oxygens (including phenoxy) is 1. The fraction of sp³-hybridized carbons (Fsp3) is 0.667. The van der Waals surface area contributed by atoms with Crippen molar-refractivity contribution < 1.29 is 29.7 Å². The molecule has 0 saturated carbocycles. The summed E-state index contributed by atoms with van der Waals surface area (Å²) in [6.45, 7) is 3.13. The molecule has 0 rings (SSSR count). The van der Waals surface area contributed by atoms with Crippen molar-refractivity contribution in [2.24, 2.45) is 5.92 Å². The summed E-state index contributed by atoms with van der Waals surface area (Å²) in [5.41, 5.74) is 0. The van der Waals surface area contributed by atoms with Crippen LogP contribution in [0.1, 0.15) is 26.7 Å². The number of Topliss-reactive ketones (excluding diaryl/α,β-unsaturated/α-hetero) is 1. The summed E-state index contributed by atoms with van der Waals surface area (Å²) < 4.78 is 4.65. The second-order valence-corrected chi connectivity index (χ2v) is 2.95. The molecule has 1 unspecified atom stereocenters. The highest BCUT2D eigenvalue weighted by Crippen LogP contribution is 2.11. The summed E-state index contributed by atoms with van der Waals surface area (Å²) in [6.07, 6.45) is -0.441. The summed E-state index contributed by atoms with van der Waals surface area (Å²) in [4.78, 5) is 32.3. The summed E-state index contributed by atoms with van der Waals surface area (Å²) in [5, 5.41) is 8.49. The third kappa shape index (κ3) is 7.63. The average molecular weight is 220 g/mol. The molecule has 0 spiro atoms. The Morgan fingerprint density at radius 1 is 1.27 bits per heavy atom. The molecule has 15 heavy (non-hydrogen) atoms. The molecule has 0 aromatic heterocycles. The molecule has 0 aliphatic rings. The van der Waals surface area contributed by atoms with Crippen LogP contribution >= 0.6 is 0 Å². The predicted molar refractivity (Wildman–Crippen MR) is 51.3 cm³/mol. The Balaban J connectivity index is 0. The molecule has 0 fully saturated rings. The fourth-order valence-corrected chi connectivity index (χ4v) is 1.06. The molecule has 0 bridgehead atoms. The van der Waals surface area contributed by atoms with E-state index in [0.29, 0.717) is 0 Å². The van der Waals surface area contributed by atoms with E-state index in [4.69, 9.17) is 5.11 Å². The number of carboxylic acids is 1. The van der Waals surface area contributed by atoms with Crippen molar-refractivity contribution in [1.82, 2.24) is 0 Å². The number of aliphatic carboxylic acids is 1. The first-order valence-electron chi connectivity index (χ1n) is 4.35. The molecule has 6 nitrogen and oxygen atoms in total. The van der Waals surface area contributed by atoms with Crippen LogP contribution < -0.4 is 0 Å². The Hall–Kier alpha value is -1.43. The normalized spacial score (nSPS) is 11.1. The van der Waals surface area contributed by atoms with Gasteiger partial charge in [0, 0.05) is 6.42 Å². The SMILES string of the molecule is CCOC(=O)C(CC(C)=O)CC(=O)O.O. The minimum Gasteiger partial charge on any atom is -0.481 e. The van der Waals surface area contributed by atoms with Crippen LogP contribution in [0.15, 0.2) is 0 Å². The molecule has 0 heterocycles. The number of rotatable bonds is 6. The molecular formula is C9H16O6. The van der Waals surface area contributed by atoms with Crippen LogP contribution in [0.25, 0.3) is 0 Å². The molecule has 1 atom stereocenters. The van der Waals surface area contributed by atoms with Crippen LogP contribution in [-0.2, 0) is 19.1 Å². The van der Waals surface area contributed by atoms with Gasteiger partial charge in [-0.1, -0.05) is 0 Å². The Morgan fingerprint density at radius 2 is 1.80 bits per heavy atom. The van der Waals surface area contributed by atoms with Crippen LogP contribution in [0, 0.1) is 5.92 Å². The summed E-state index contributed by atoms with van der Waals surface area (Å²) in [7, 11) is 0. The highest BCUT2D eigenvalue weighted by atomic mass is 16.5.